The highest BCUT2D eigenvalue weighted by atomic mass is 16.5. The summed E-state index contributed by atoms with van der Waals surface area (Å²) in [6.07, 6.45) is 75.0. The van der Waals surface area contributed by atoms with Gasteiger partial charge in [-0.25, -0.2) is 0 Å². The summed E-state index contributed by atoms with van der Waals surface area (Å²) in [6.45, 7) is 4.92. The van der Waals surface area contributed by atoms with Gasteiger partial charge < -0.3 is 20.3 Å². The highest BCUT2D eigenvalue weighted by Crippen LogP contribution is 2.18. The molecule has 0 saturated heterocycles. The molecule has 0 aromatic carbocycles. The number of aliphatic hydroxyl groups excluding tert-OH is 2. The van der Waals surface area contributed by atoms with Crippen LogP contribution in [-0.2, 0) is 14.3 Å². The molecule has 420 valence electrons. The van der Waals surface area contributed by atoms with Crippen LogP contribution in [0, 0.1) is 0 Å². The van der Waals surface area contributed by atoms with E-state index < -0.39 is 12.1 Å². The van der Waals surface area contributed by atoms with Crippen molar-refractivity contribution in [2.24, 2.45) is 0 Å². The fourth-order valence-corrected chi connectivity index (χ4v) is 10.0. The minimum absolute atomic E-state index is 0.00138. The van der Waals surface area contributed by atoms with Crippen LogP contribution in [0.5, 0.6) is 0 Å². The SMILES string of the molecule is CCCCCCCCCCCCCCCCCCCCC/C=C/C(O)C(CO)NC(=O)CCCCCCCCC/C=C\CCCCCCCCOC(=O)CCCCCCCCCCCCCCCCCC. The lowest BCUT2D eigenvalue weighted by Gasteiger charge is -2.20. The molecule has 2 atom stereocenters. The zero-order valence-electron chi connectivity index (χ0n) is 48.0. The van der Waals surface area contributed by atoms with Gasteiger partial charge in [-0.1, -0.05) is 308 Å². The summed E-state index contributed by atoms with van der Waals surface area (Å²) in [6, 6.07) is -0.637. The van der Waals surface area contributed by atoms with E-state index in [1.807, 2.05) is 6.08 Å². The first kappa shape index (κ1) is 69.3. The summed E-state index contributed by atoms with van der Waals surface area (Å²) in [5.41, 5.74) is 0. The number of carbonyl (C=O) groups is 2. The van der Waals surface area contributed by atoms with E-state index in [1.54, 1.807) is 6.08 Å². The molecule has 6 heteroatoms. The first-order valence-electron chi connectivity index (χ1n) is 32.1. The van der Waals surface area contributed by atoms with Crippen LogP contribution in [0.1, 0.15) is 354 Å². The van der Waals surface area contributed by atoms with Crippen molar-refractivity contribution in [2.75, 3.05) is 13.2 Å². The average Bonchev–Trinajstić information content (AvgIpc) is 3.37. The van der Waals surface area contributed by atoms with Crippen LogP contribution in [0.15, 0.2) is 24.3 Å². The molecule has 3 N–H and O–H groups in total. The molecule has 0 saturated carbocycles. The molecule has 0 rings (SSSR count). The monoisotopic (exact) mass is 1000 g/mol. The Morgan fingerprint density at radius 2 is 0.662 bits per heavy atom. The van der Waals surface area contributed by atoms with Gasteiger partial charge in [-0.3, -0.25) is 9.59 Å². The first-order chi connectivity index (χ1) is 35.0. The molecule has 0 spiro atoms. The molecule has 0 aromatic heterocycles. The highest BCUT2D eigenvalue weighted by molar-refractivity contribution is 5.76. The second kappa shape index (κ2) is 60.9. The Morgan fingerprint density at radius 3 is 1.00 bits per heavy atom. The number of esters is 1. The number of allylic oxidation sites excluding steroid dienone is 3. The smallest absolute Gasteiger partial charge is 0.305 e. The lowest BCUT2D eigenvalue weighted by molar-refractivity contribution is -0.143. The number of unbranched alkanes of at least 4 members (excludes halogenated alkanes) is 47. The van der Waals surface area contributed by atoms with E-state index in [0.717, 1.165) is 57.8 Å². The van der Waals surface area contributed by atoms with Gasteiger partial charge in [0.05, 0.1) is 25.4 Å². The number of ether oxygens (including phenoxy) is 1. The molecule has 0 fully saturated rings. The quantitative estimate of drug-likeness (QED) is 0.0320. The third-order valence-corrected chi connectivity index (χ3v) is 15.0. The van der Waals surface area contributed by atoms with Crippen molar-refractivity contribution in [2.45, 2.75) is 366 Å². The molecule has 0 bridgehead atoms. The predicted molar refractivity (Wildman–Crippen MR) is 310 cm³/mol. The van der Waals surface area contributed by atoms with Crippen LogP contribution < -0.4 is 5.32 Å². The molecule has 0 aliphatic heterocycles. The van der Waals surface area contributed by atoms with E-state index in [0.29, 0.717) is 19.4 Å². The standard InChI is InChI=1S/C65H125NO5/c1-3-5-7-9-11-13-15-17-19-21-22-23-24-26-29-33-37-41-45-49-53-57-63(68)62(61-67)66-64(69)58-54-50-46-42-38-34-30-27-25-28-32-36-40-44-48-52-56-60-71-65(70)59-55-51-47-43-39-35-31-20-18-16-14-12-10-8-6-4-2/h25,28,53,57,62-63,67-68H,3-24,26-27,29-52,54-56,58-61H2,1-2H3,(H,66,69)/b28-25-,57-53+. The molecule has 0 heterocycles. The molecule has 0 aromatic rings. The van der Waals surface area contributed by atoms with Crippen molar-refractivity contribution in [3.8, 4) is 0 Å². The normalized spacial score (nSPS) is 12.7. The zero-order valence-corrected chi connectivity index (χ0v) is 48.0. The number of rotatable bonds is 60. The molecule has 0 radical (unpaired) electrons. The molecule has 0 aliphatic carbocycles. The lowest BCUT2D eigenvalue weighted by atomic mass is 10.0. The Bertz CT molecular complexity index is 1110. The van der Waals surface area contributed by atoms with Crippen LogP contribution in [0.2, 0.25) is 0 Å². The maximum absolute atomic E-state index is 12.5. The maximum atomic E-state index is 12.5. The van der Waals surface area contributed by atoms with Gasteiger partial charge in [0.2, 0.25) is 5.91 Å². The molecular weight excluding hydrogens is 875 g/mol. The van der Waals surface area contributed by atoms with E-state index in [1.165, 1.54) is 270 Å². The number of nitrogens with one attached hydrogen (secondary N) is 1. The van der Waals surface area contributed by atoms with Crippen molar-refractivity contribution >= 4 is 11.9 Å². The van der Waals surface area contributed by atoms with E-state index in [-0.39, 0.29) is 18.5 Å². The van der Waals surface area contributed by atoms with Gasteiger partial charge in [0.15, 0.2) is 0 Å². The Morgan fingerprint density at radius 1 is 0.380 bits per heavy atom. The second-order valence-electron chi connectivity index (χ2n) is 22.1. The minimum atomic E-state index is -0.853. The van der Waals surface area contributed by atoms with E-state index in [9.17, 15) is 19.8 Å². The zero-order chi connectivity index (χ0) is 51.4. The topological polar surface area (TPSA) is 95.9 Å². The Hall–Kier alpha value is -1.66. The number of hydrogen-bond donors (Lipinski definition) is 3. The van der Waals surface area contributed by atoms with Crippen molar-refractivity contribution in [3.63, 3.8) is 0 Å². The van der Waals surface area contributed by atoms with Gasteiger partial charge in [0.25, 0.3) is 0 Å². The Labute approximate surface area is 443 Å². The van der Waals surface area contributed by atoms with Crippen LogP contribution in [-0.4, -0.2) is 47.4 Å². The molecule has 2 unspecified atom stereocenters. The van der Waals surface area contributed by atoms with Crippen molar-refractivity contribution in [3.05, 3.63) is 24.3 Å². The van der Waals surface area contributed by atoms with Crippen molar-refractivity contribution < 1.29 is 24.5 Å². The van der Waals surface area contributed by atoms with Gasteiger partial charge in [0.1, 0.15) is 0 Å². The van der Waals surface area contributed by atoms with E-state index in [2.05, 4.69) is 31.3 Å². The summed E-state index contributed by atoms with van der Waals surface area (Å²) < 4.78 is 5.48. The minimum Gasteiger partial charge on any atom is -0.466 e. The Kier molecular flexibility index (Phi) is 59.5. The van der Waals surface area contributed by atoms with Gasteiger partial charge in [-0.2, -0.15) is 0 Å². The largest absolute Gasteiger partial charge is 0.466 e. The van der Waals surface area contributed by atoms with Gasteiger partial charge in [-0.05, 0) is 57.8 Å². The van der Waals surface area contributed by atoms with E-state index >= 15 is 0 Å². The summed E-state index contributed by atoms with van der Waals surface area (Å²) in [7, 11) is 0. The third-order valence-electron chi connectivity index (χ3n) is 15.0. The molecule has 71 heavy (non-hydrogen) atoms. The first-order valence-corrected chi connectivity index (χ1v) is 32.1. The highest BCUT2D eigenvalue weighted by Gasteiger charge is 2.18. The van der Waals surface area contributed by atoms with Crippen molar-refractivity contribution in [1.29, 1.82) is 0 Å². The summed E-state index contributed by atoms with van der Waals surface area (Å²) in [5.74, 6) is -0.0752. The number of hydrogen-bond acceptors (Lipinski definition) is 5. The fourth-order valence-electron chi connectivity index (χ4n) is 10.0. The fraction of sp³-hybridized carbons (Fsp3) is 0.908. The maximum Gasteiger partial charge on any atom is 0.305 e. The second-order valence-corrected chi connectivity index (χ2v) is 22.1. The third kappa shape index (κ3) is 57.5. The molecule has 1 amide bonds. The summed E-state index contributed by atoms with van der Waals surface area (Å²) >= 11 is 0. The summed E-state index contributed by atoms with van der Waals surface area (Å²) in [5, 5.41) is 23.2. The van der Waals surface area contributed by atoms with E-state index in [4.69, 9.17) is 4.74 Å². The number of amides is 1. The summed E-state index contributed by atoms with van der Waals surface area (Å²) in [4.78, 5) is 24.6. The predicted octanol–water partition coefficient (Wildman–Crippen LogP) is 20.2. The molecule has 6 nitrogen and oxygen atoms in total. The van der Waals surface area contributed by atoms with Gasteiger partial charge >= 0.3 is 5.97 Å². The number of carbonyl (C=O) groups excluding carboxylic acids is 2. The Balaban J connectivity index is 3.47. The van der Waals surface area contributed by atoms with Crippen molar-refractivity contribution in [1.82, 2.24) is 5.32 Å². The van der Waals surface area contributed by atoms with Gasteiger partial charge in [0, 0.05) is 12.8 Å². The van der Waals surface area contributed by atoms with Crippen LogP contribution in [0.3, 0.4) is 0 Å². The molecule has 0 aliphatic rings. The van der Waals surface area contributed by atoms with Gasteiger partial charge in [-0.15, -0.1) is 0 Å². The van der Waals surface area contributed by atoms with Crippen LogP contribution >= 0.6 is 0 Å². The van der Waals surface area contributed by atoms with Crippen LogP contribution in [0.4, 0.5) is 0 Å². The molecular formula is C65H125NO5. The lowest BCUT2D eigenvalue weighted by Crippen LogP contribution is -2.45. The number of aliphatic hydroxyl groups is 2. The average molecular weight is 1000 g/mol. The van der Waals surface area contributed by atoms with Crippen LogP contribution in [0.25, 0.3) is 0 Å².